The molecule has 0 atom stereocenters. The zero-order chi connectivity index (χ0) is 21.8. The number of aromatic nitrogens is 5. The molecule has 162 valence electrons. The van der Waals surface area contributed by atoms with Gasteiger partial charge in [-0.1, -0.05) is 0 Å². The first-order valence-electron chi connectivity index (χ1n) is 10.8. The van der Waals surface area contributed by atoms with Crippen molar-refractivity contribution in [3.63, 3.8) is 0 Å². The molecule has 1 aromatic carbocycles. The van der Waals surface area contributed by atoms with E-state index in [-0.39, 0.29) is 11.8 Å². The molecule has 1 N–H and O–H groups in total. The number of nitrogens with zero attached hydrogens (tertiary/aromatic N) is 6. The Morgan fingerprint density at radius 1 is 0.938 bits per heavy atom. The molecule has 8 nitrogen and oxygen atoms in total. The third kappa shape index (κ3) is 4.45. The highest BCUT2D eigenvalue weighted by Gasteiger charge is 2.25. The van der Waals surface area contributed by atoms with Crippen LogP contribution in [0.3, 0.4) is 0 Å². The van der Waals surface area contributed by atoms with E-state index in [0.717, 1.165) is 49.5 Å². The van der Waals surface area contributed by atoms with Crippen LogP contribution in [0.5, 0.6) is 0 Å². The second kappa shape index (κ2) is 9.15. The van der Waals surface area contributed by atoms with Gasteiger partial charge in [-0.05, 0) is 74.5 Å². The standard InChI is InChI=1S/C24H25N7O/c32-23(28-20-5-7-21(8-6-20)31-15-3-13-27-31)19-9-16-29(17-10-19)18-22-4-1-14-30(22)24-25-11-2-12-26-24/h1-8,11-15,19H,9-10,16-18H2,(H,28,32). The molecule has 3 aromatic heterocycles. The van der Waals surface area contributed by atoms with Gasteiger partial charge in [0.15, 0.2) is 0 Å². The van der Waals surface area contributed by atoms with Crippen LogP contribution in [0, 0.1) is 5.92 Å². The van der Waals surface area contributed by atoms with E-state index in [9.17, 15) is 4.79 Å². The van der Waals surface area contributed by atoms with Gasteiger partial charge in [0.25, 0.3) is 0 Å². The van der Waals surface area contributed by atoms with Crippen LogP contribution in [0.4, 0.5) is 5.69 Å². The summed E-state index contributed by atoms with van der Waals surface area (Å²) in [5.41, 5.74) is 2.93. The van der Waals surface area contributed by atoms with Crippen LogP contribution < -0.4 is 5.32 Å². The summed E-state index contributed by atoms with van der Waals surface area (Å²) in [6, 6.07) is 15.6. The molecule has 32 heavy (non-hydrogen) atoms. The maximum Gasteiger partial charge on any atom is 0.233 e. The Hall–Kier alpha value is -3.78. The average Bonchev–Trinajstić information content (AvgIpc) is 3.53. The van der Waals surface area contributed by atoms with Gasteiger partial charge in [0.05, 0.1) is 5.69 Å². The van der Waals surface area contributed by atoms with E-state index < -0.39 is 0 Å². The molecule has 4 heterocycles. The van der Waals surface area contributed by atoms with Crippen LogP contribution in [0.1, 0.15) is 18.5 Å². The predicted molar refractivity (Wildman–Crippen MR) is 122 cm³/mol. The van der Waals surface area contributed by atoms with Crippen LogP contribution in [-0.2, 0) is 11.3 Å². The molecular weight excluding hydrogens is 402 g/mol. The fourth-order valence-electron chi connectivity index (χ4n) is 4.10. The fraction of sp³-hybridized carbons (Fsp3) is 0.250. The predicted octanol–water partition coefficient (Wildman–Crippen LogP) is 3.30. The average molecular weight is 428 g/mol. The van der Waals surface area contributed by atoms with Crippen LogP contribution >= 0.6 is 0 Å². The molecule has 1 aliphatic rings. The van der Waals surface area contributed by atoms with E-state index in [1.54, 1.807) is 23.3 Å². The lowest BCUT2D eigenvalue weighted by Gasteiger charge is -2.31. The Morgan fingerprint density at radius 3 is 2.44 bits per heavy atom. The van der Waals surface area contributed by atoms with Crippen molar-refractivity contribution in [2.75, 3.05) is 18.4 Å². The minimum Gasteiger partial charge on any atom is -0.326 e. The molecule has 0 aliphatic carbocycles. The van der Waals surface area contributed by atoms with Crippen molar-refractivity contribution < 1.29 is 4.79 Å². The summed E-state index contributed by atoms with van der Waals surface area (Å²) in [6.45, 7) is 2.59. The number of hydrogen-bond acceptors (Lipinski definition) is 5. The van der Waals surface area contributed by atoms with E-state index in [1.165, 1.54) is 0 Å². The minimum atomic E-state index is 0.0290. The molecule has 1 saturated heterocycles. The summed E-state index contributed by atoms with van der Waals surface area (Å²) >= 11 is 0. The summed E-state index contributed by atoms with van der Waals surface area (Å²) in [4.78, 5) is 23.9. The number of carbonyl (C=O) groups excluding carboxylic acids is 1. The van der Waals surface area contributed by atoms with Gasteiger partial charge in [0.1, 0.15) is 0 Å². The third-order valence-electron chi connectivity index (χ3n) is 5.85. The number of hydrogen-bond donors (Lipinski definition) is 1. The van der Waals surface area contributed by atoms with E-state index in [4.69, 9.17) is 0 Å². The molecular formula is C24H25N7O. The number of carbonyl (C=O) groups is 1. The molecule has 5 rings (SSSR count). The van der Waals surface area contributed by atoms with Crippen LogP contribution in [0.25, 0.3) is 11.6 Å². The van der Waals surface area contributed by atoms with E-state index in [0.29, 0.717) is 5.95 Å². The smallest absolute Gasteiger partial charge is 0.233 e. The molecule has 1 aliphatic heterocycles. The lowest BCUT2D eigenvalue weighted by atomic mass is 9.95. The molecule has 1 fully saturated rings. The van der Waals surface area contributed by atoms with Crippen LogP contribution in [0.15, 0.2) is 79.5 Å². The molecule has 0 radical (unpaired) electrons. The summed E-state index contributed by atoms with van der Waals surface area (Å²) in [5, 5.41) is 7.29. The van der Waals surface area contributed by atoms with Crippen molar-refractivity contribution in [2.24, 2.45) is 5.92 Å². The highest BCUT2D eigenvalue weighted by molar-refractivity contribution is 5.92. The van der Waals surface area contributed by atoms with E-state index in [2.05, 4.69) is 31.3 Å². The fourth-order valence-corrected chi connectivity index (χ4v) is 4.10. The Morgan fingerprint density at radius 2 is 1.72 bits per heavy atom. The van der Waals surface area contributed by atoms with Crippen molar-refractivity contribution >= 4 is 11.6 Å². The second-order valence-corrected chi connectivity index (χ2v) is 7.96. The topological polar surface area (TPSA) is 80.9 Å². The minimum absolute atomic E-state index is 0.0290. The summed E-state index contributed by atoms with van der Waals surface area (Å²) in [6.07, 6.45) is 10.8. The zero-order valence-electron chi connectivity index (χ0n) is 17.7. The maximum absolute atomic E-state index is 12.8. The van der Waals surface area contributed by atoms with Crippen molar-refractivity contribution in [1.29, 1.82) is 0 Å². The lowest BCUT2D eigenvalue weighted by Crippen LogP contribution is -2.38. The van der Waals surface area contributed by atoms with Crippen molar-refractivity contribution in [1.82, 2.24) is 29.2 Å². The Kier molecular flexibility index (Phi) is 5.76. The maximum atomic E-state index is 12.8. The summed E-state index contributed by atoms with van der Waals surface area (Å²) in [5.74, 6) is 0.805. The SMILES string of the molecule is O=C(Nc1ccc(-n2cccn2)cc1)C1CCN(Cc2cccn2-c2ncccn2)CC1. The Labute approximate surface area is 186 Å². The van der Waals surface area contributed by atoms with Crippen molar-refractivity contribution in [3.8, 4) is 11.6 Å². The molecule has 0 saturated carbocycles. The number of nitrogens with one attached hydrogen (secondary N) is 1. The summed E-state index contributed by atoms with van der Waals surface area (Å²) < 4.78 is 3.81. The van der Waals surface area contributed by atoms with Gasteiger partial charge >= 0.3 is 0 Å². The molecule has 0 unspecified atom stereocenters. The van der Waals surface area contributed by atoms with Gasteiger partial charge in [-0.3, -0.25) is 14.3 Å². The number of benzene rings is 1. The zero-order valence-corrected chi connectivity index (χ0v) is 17.7. The normalized spacial score (nSPS) is 15.0. The van der Waals surface area contributed by atoms with Gasteiger partial charge in [-0.25, -0.2) is 14.6 Å². The highest BCUT2D eigenvalue weighted by Crippen LogP contribution is 2.22. The molecule has 0 bridgehead atoms. The summed E-state index contributed by atoms with van der Waals surface area (Å²) in [7, 11) is 0. The van der Waals surface area contributed by atoms with Crippen LogP contribution in [0.2, 0.25) is 0 Å². The number of anilines is 1. The Balaban J connectivity index is 1.14. The highest BCUT2D eigenvalue weighted by atomic mass is 16.1. The lowest BCUT2D eigenvalue weighted by molar-refractivity contribution is -0.121. The monoisotopic (exact) mass is 427 g/mol. The first-order valence-corrected chi connectivity index (χ1v) is 10.8. The third-order valence-corrected chi connectivity index (χ3v) is 5.85. The van der Waals surface area contributed by atoms with Crippen molar-refractivity contribution in [3.05, 3.63) is 85.2 Å². The van der Waals surface area contributed by atoms with E-state index >= 15 is 0 Å². The van der Waals surface area contributed by atoms with Gasteiger partial charge < -0.3 is 5.32 Å². The number of likely N-dealkylation sites (tertiary alicyclic amines) is 1. The molecule has 8 heteroatoms. The number of amides is 1. The first-order chi connectivity index (χ1) is 15.8. The molecule has 4 aromatic rings. The van der Waals surface area contributed by atoms with Crippen molar-refractivity contribution in [2.45, 2.75) is 19.4 Å². The first kappa shape index (κ1) is 20.1. The van der Waals surface area contributed by atoms with E-state index in [1.807, 2.05) is 59.4 Å². The van der Waals surface area contributed by atoms with Gasteiger partial charge in [-0.2, -0.15) is 5.10 Å². The Bertz CT molecular complexity index is 1140. The van der Waals surface area contributed by atoms with Gasteiger partial charge in [0, 0.05) is 54.8 Å². The number of rotatable bonds is 6. The molecule has 1 amide bonds. The van der Waals surface area contributed by atoms with Gasteiger partial charge in [-0.15, -0.1) is 0 Å². The van der Waals surface area contributed by atoms with Crippen LogP contribution in [-0.4, -0.2) is 48.2 Å². The largest absolute Gasteiger partial charge is 0.326 e. The van der Waals surface area contributed by atoms with Gasteiger partial charge in [0.2, 0.25) is 11.9 Å². The molecule has 0 spiro atoms. The second-order valence-electron chi connectivity index (χ2n) is 7.96. The number of piperidine rings is 1. The quantitative estimate of drug-likeness (QED) is 0.511.